The van der Waals surface area contributed by atoms with E-state index in [0.717, 1.165) is 11.4 Å². The van der Waals surface area contributed by atoms with Gasteiger partial charge >= 0.3 is 6.03 Å². The molecule has 1 atom stereocenters. The number of nitrogens with one attached hydrogen (secondary N) is 2. The first-order chi connectivity index (χ1) is 11.3. The molecule has 1 aliphatic rings. The molecule has 7 nitrogen and oxygen atoms in total. The maximum absolute atomic E-state index is 12.2. The van der Waals surface area contributed by atoms with Crippen LogP contribution in [0.4, 0.5) is 10.6 Å². The molecule has 8 heteroatoms. The molecule has 1 fully saturated rings. The minimum absolute atomic E-state index is 0.0368. The second-order valence-corrected chi connectivity index (χ2v) is 8.58. The summed E-state index contributed by atoms with van der Waals surface area (Å²) in [6.45, 7) is 3.64. The van der Waals surface area contributed by atoms with Gasteiger partial charge in [0, 0.05) is 11.8 Å². The highest BCUT2D eigenvalue weighted by Crippen LogP contribution is 2.23. The quantitative estimate of drug-likeness (QED) is 0.886. The average Bonchev–Trinajstić information content (AvgIpc) is 2.99. The Morgan fingerprint density at radius 3 is 2.62 bits per heavy atom. The van der Waals surface area contributed by atoms with E-state index in [1.807, 2.05) is 37.3 Å². The Bertz CT molecular complexity index is 861. The van der Waals surface area contributed by atoms with Crippen LogP contribution >= 0.6 is 0 Å². The molecular formula is C16H20N4O3S. The zero-order valence-corrected chi connectivity index (χ0v) is 14.4. The third-order valence-corrected chi connectivity index (χ3v) is 5.95. The van der Waals surface area contributed by atoms with Crippen LogP contribution < -0.4 is 10.6 Å². The highest BCUT2D eigenvalue weighted by atomic mass is 32.2. The number of nitrogens with zero attached hydrogens (tertiary/aromatic N) is 2. The summed E-state index contributed by atoms with van der Waals surface area (Å²) in [5, 5.41) is 9.80. The summed E-state index contributed by atoms with van der Waals surface area (Å²) in [5.74, 6) is 0.481. The predicted molar refractivity (Wildman–Crippen MR) is 92.1 cm³/mol. The molecule has 0 spiro atoms. The van der Waals surface area contributed by atoms with Crippen molar-refractivity contribution in [1.29, 1.82) is 0 Å². The molecule has 1 aliphatic heterocycles. The topological polar surface area (TPSA) is 93.1 Å². The van der Waals surface area contributed by atoms with Crippen LogP contribution in [0.3, 0.4) is 0 Å². The van der Waals surface area contributed by atoms with E-state index < -0.39 is 21.4 Å². The van der Waals surface area contributed by atoms with Gasteiger partial charge in [-0.25, -0.2) is 17.9 Å². The van der Waals surface area contributed by atoms with Gasteiger partial charge in [0.05, 0.1) is 22.7 Å². The molecule has 2 amide bonds. The summed E-state index contributed by atoms with van der Waals surface area (Å²) < 4.78 is 24.9. The van der Waals surface area contributed by atoms with Gasteiger partial charge in [-0.15, -0.1) is 5.10 Å². The van der Waals surface area contributed by atoms with Gasteiger partial charge < -0.3 is 5.32 Å². The summed E-state index contributed by atoms with van der Waals surface area (Å²) in [4.78, 5) is 12.2. The monoisotopic (exact) mass is 348 g/mol. The summed E-state index contributed by atoms with van der Waals surface area (Å²) >= 11 is 0. The van der Waals surface area contributed by atoms with E-state index in [2.05, 4.69) is 15.7 Å². The molecule has 1 aromatic heterocycles. The van der Waals surface area contributed by atoms with Crippen LogP contribution in [0.25, 0.3) is 5.69 Å². The molecule has 1 saturated heterocycles. The fraction of sp³-hybridized carbons (Fsp3) is 0.375. The van der Waals surface area contributed by atoms with E-state index in [-0.39, 0.29) is 11.5 Å². The number of rotatable bonds is 3. The summed E-state index contributed by atoms with van der Waals surface area (Å²) in [5.41, 5.74) is 1.04. The number of amides is 2. The fourth-order valence-corrected chi connectivity index (χ4v) is 4.99. The van der Waals surface area contributed by atoms with E-state index in [1.54, 1.807) is 17.7 Å². The Morgan fingerprint density at radius 1 is 1.29 bits per heavy atom. The van der Waals surface area contributed by atoms with Crippen LogP contribution in [0, 0.1) is 6.92 Å². The molecule has 2 N–H and O–H groups in total. The highest BCUT2D eigenvalue weighted by Gasteiger charge is 2.39. The number of aromatic nitrogens is 2. The smallest absolute Gasteiger partial charge is 0.320 e. The van der Waals surface area contributed by atoms with Gasteiger partial charge in [0.25, 0.3) is 0 Å². The summed E-state index contributed by atoms with van der Waals surface area (Å²) in [6, 6.07) is 10.9. The molecule has 0 aliphatic carbocycles. The zero-order chi connectivity index (χ0) is 17.4. The minimum atomic E-state index is -3.07. The first-order valence-corrected chi connectivity index (χ1v) is 9.50. The van der Waals surface area contributed by atoms with Crippen molar-refractivity contribution in [2.45, 2.75) is 25.8 Å². The number of carbonyl (C=O) groups excluding carboxylic acids is 1. The van der Waals surface area contributed by atoms with Crippen LogP contribution in [0.1, 0.15) is 19.0 Å². The van der Waals surface area contributed by atoms with Crippen molar-refractivity contribution in [3.8, 4) is 5.69 Å². The normalized spacial score (nSPS) is 22.2. The second kappa shape index (κ2) is 5.94. The maximum Gasteiger partial charge on any atom is 0.320 e. The number of aryl methyl sites for hydroxylation is 1. The van der Waals surface area contributed by atoms with Gasteiger partial charge in [-0.1, -0.05) is 18.2 Å². The third kappa shape index (κ3) is 3.59. The maximum atomic E-state index is 12.2. The Hall–Kier alpha value is -2.35. The van der Waals surface area contributed by atoms with Gasteiger partial charge in [0.2, 0.25) is 0 Å². The standard InChI is InChI=1S/C16H20N4O3S/c1-12-10-14(19-20(12)13-6-4-3-5-7-13)17-15(21)18-16(2)8-9-24(22,23)11-16/h3-7,10H,8-9,11H2,1-2H3,(H2,17,18,19,21). The van der Waals surface area contributed by atoms with Gasteiger partial charge in [-0.2, -0.15) is 0 Å². The van der Waals surface area contributed by atoms with Crippen LogP contribution in [-0.4, -0.2) is 41.3 Å². The van der Waals surface area contributed by atoms with E-state index >= 15 is 0 Å². The number of hydrogen-bond donors (Lipinski definition) is 2. The lowest BCUT2D eigenvalue weighted by atomic mass is 10.0. The lowest BCUT2D eigenvalue weighted by Crippen LogP contribution is -2.48. The van der Waals surface area contributed by atoms with E-state index in [4.69, 9.17) is 0 Å². The molecule has 0 bridgehead atoms. The number of sulfone groups is 1. The van der Waals surface area contributed by atoms with E-state index in [1.165, 1.54) is 0 Å². The summed E-state index contributed by atoms with van der Waals surface area (Å²) in [7, 11) is -3.07. The van der Waals surface area contributed by atoms with Crippen molar-refractivity contribution in [2.75, 3.05) is 16.8 Å². The van der Waals surface area contributed by atoms with Gasteiger partial charge in [0.1, 0.15) is 0 Å². The van der Waals surface area contributed by atoms with E-state index in [9.17, 15) is 13.2 Å². The van der Waals surface area contributed by atoms with Crippen LogP contribution in [0.5, 0.6) is 0 Å². The largest absolute Gasteiger partial charge is 0.332 e. The number of urea groups is 1. The average molecular weight is 348 g/mol. The van der Waals surface area contributed by atoms with Gasteiger partial charge in [-0.3, -0.25) is 5.32 Å². The van der Waals surface area contributed by atoms with Crippen molar-refractivity contribution >= 4 is 21.7 Å². The van der Waals surface area contributed by atoms with Crippen LogP contribution in [0.15, 0.2) is 36.4 Å². The second-order valence-electron chi connectivity index (χ2n) is 6.40. The van der Waals surface area contributed by atoms with Crippen molar-refractivity contribution in [2.24, 2.45) is 0 Å². The molecule has 2 heterocycles. The third-order valence-electron chi connectivity index (χ3n) is 4.05. The Balaban J connectivity index is 1.70. The molecule has 24 heavy (non-hydrogen) atoms. The SMILES string of the molecule is Cc1cc(NC(=O)NC2(C)CCS(=O)(=O)C2)nn1-c1ccccc1. The number of para-hydroxylation sites is 1. The van der Waals surface area contributed by atoms with Crippen LogP contribution in [0.2, 0.25) is 0 Å². The van der Waals surface area contributed by atoms with Gasteiger partial charge in [0.15, 0.2) is 15.7 Å². The molecule has 1 unspecified atom stereocenters. The Labute approximate surface area is 141 Å². The number of benzene rings is 1. The van der Waals surface area contributed by atoms with Crippen molar-refractivity contribution < 1.29 is 13.2 Å². The molecular weight excluding hydrogens is 328 g/mol. The Kier molecular flexibility index (Phi) is 4.08. The van der Waals surface area contributed by atoms with E-state index in [0.29, 0.717) is 12.2 Å². The van der Waals surface area contributed by atoms with Crippen molar-refractivity contribution in [3.63, 3.8) is 0 Å². The van der Waals surface area contributed by atoms with Gasteiger partial charge in [-0.05, 0) is 32.4 Å². The van der Waals surface area contributed by atoms with Crippen molar-refractivity contribution in [1.82, 2.24) is 15.1 Å². The first-order valence-electron chi connectivity index (χ1n) is 7.68. The molecule has 128 valence electrons. The highest BCUT2D eigenvalue weighted by molar-refractivity contribution is 7.91. The molecule has 1 aromatic carbocycles. The molecule has 3 rings (SSSR count). The first kappa shape index (κ1) is 16.5. The predicted octanol–water partition coefficient (Wildman–Crippen LogP) is 1.88. The number of carbonyl (C=O) groups is 1. The molecule has 2 aromatic rings. The number of anilines is 1. The van der Waals surface area contributed by atoms with Crippen LogP contribution in [-0.2, 0) is 9.84 Å². The summed E-state index contributed by atoms with van der Waals surface area (Å²) in [6.07, 6.45) is 0.417. The fourth-order valence-electron chi connectivity index (χ4n) is 2.90. The molecule has 0 saturated carbocycles. The minimum Gasteiger partial charge on any atom is -0.332 e. The zero-order valence-electron chi connectivity index (χ0n) is 13.6. The lowest BCUT2D eigenvalue weighted by Gasteiger charge is -2.23. The Morgan fingerprint density at radius 2 is 2.00 bits per heavy atom. The van der Waals surface area contributed by atoms with Crippen molar-refractivity contribution in [3.05, 3.63) is 42.1 Å². The molecule has 0 radical (unpaired) electrons. The number of hydrogen-bond acceptors (Lipinski definition) is 4. The lowest BCUT2D eigenvalue weighted by molar-refractivity contribution is 0.242.